The molecule has 2 unspecified atom stereocenters. The predicted molar refractivity (Wildman–Crippen MR) is 148 cm³/mol. The van der Waals surface area contributed by atoms with E-state index in [2.05, 4.69) is 139 Å². The molecule has 36 heavy (non-hydrogen) atoms. The molecule has 2 aliphatic rings. The van der Waals surface area contributed by atoms with Crippen LogP contribution in [0.3, 0.4) is 0 Å². The molecule has 0 saturated carbocycles. The molecule has 180 valence electrons. The Bertz CT molecular complexity index is 1420. The van der Waals surface area contributed by atoms with Crippen LogP contribution in [0.4, 0.5) is 0 Å². The smallest absolute Gasteiger partial charge is 1.00 e. The quantitative estimate of drug-likeness (QED) is 0.336. The Morgan fingerprint density at radius 2 is 0.917 bits per heavy atom. The van der Waals surface area contributed by atoms with Gasteiger partial charge in [-0.3, -0.25) is 0 Å². The molecule has 0 N–H and O–H groups in total. The molecule has 0 aliphatic heterocycles. The van der Waals surface area contributed by atoms with E-state index < -0.39 is 14.0 Å². The van der Waals surface area contributed by atoms with E-state index in [0.717, 1.165) is 0 Å². The summed E-state index contributed by atoms with van der Waals surface area (Å²) in [6, 6.07) is 35.5. The zero-order valence-corrected chi connectivity index (χ0v) is 25.2. The van der Waals surface area contributed by atoms with Crippen molar-refractivity contribution < 1.29 is 38.9 Å². The van der Waals surface area contributed by atoms with Gasteiger partial charge in [0.2, 0.25) is 0 Å². The molecular weight excluding hydrogens is 531 g/mol. The van der Waals surface area contributed by atoms with E-state index in [1.165, 1.54) is 44.5 Å². The summed E-state index contributed by atoms with van der Waals surface area (Å²) in [5.41, 5.74) is 11.2. The molecular formula is C32H30Cl2SiTi. The van der Waals surface area contributed by atoms with E-state index in [-0.39, 0.29) is 24.8 Å². The summed E-state index contributed by atoms with van der Waals surface area (Å²) in [4.78, 5) is 0. The summed E-state index contributed by atoms with van der Waals surface area (Å²) in [5, 5.41) is 5.32. The van der Waals surface area contributed by atoms with Crippen LogP contribution in [0.1, 0.15) is 30.7 Å². The number of halogens is 2. The van der Waals surface area contributed by atoms with Crippen molar-refractivity contribution in [1.82, 2.24) is 0 Å². The summed E-state index contributed by atoms with van der Waals surface area (Å²) in [7, 11) is 2.37. The molecule has 2 aliphatic carbocycles. The molecule has 4 aromatic carbocycles. The van der Waals surface area contributed by atoms with Crippen LogP contribution in [-0.4, -0.2) is 7.63 Å². The Labute approximate surface area is 229 Å². The largest absolute Gasteiger partial charge is 1.00 e. The molecule has 0 spiro atoms. The van der Waals surface area contributed by atoms with E-state index >= 15 is 0 Å². The van der Waals surface area contributed by atoms with Crippen LogP contribution < -0.4 is 24.8 Å². The molecule has 0 heterocycles. The third-order valence-corrected chi connectivity index (χ3v) is 19.7. The van der Waals surface area contributed by atoms with Gasteiger partial charge in [0.05, 0.1) is 0 Å². The molecule has 6 rings (SSSR count). The van der Waals surface area contributed by atoms with Gasteiger partial charge < -0.3 is 24.8 Å². The van der Waals surface area contributed by atoms with Crippen LogP contribution in [0.5, 0.6) is 0 Å². The summed E-state index contributed by atoms with van der Waals surface area (Å²) in [6.07, 6.45) is 9.89. The van der Waals surface area contributed by atoms with Gasteiger partial charge in [0.25, 0.3) is 0 Å². The van der Waals surface area contributed by atoms with Crippen LogP contribution in [0.15, 0.2) is 109 Å². The van der Waals surface area contributed by atoms with Crippen molar-refractivity contribution in [1.29, 1.82) is 0 Å². The Kier molecular flexibility index (Phi) is 7.46. The maximum atomic E-state index is 2.66. The van der Waals surface area contributed by atoms with Crippen LogP contribution in [0.2, 0.25) is 10.5 Å². The zero-order valence-electron chi connectivity index (χ0n) is 20.7. The zero-order chi connectivity index (χ0) is 23.4. The van der Waals surface area contributed by atoms with Crippen molar-refractivity contribution in [2.45, 2.75) is 18.9 Å². The molecule has 4 aromatic rings. The fourth-order valence-corrected chi connectivity index (χ4v) is 16.0. The molecule has 0 fully saturated rings. The monoisotopic (exact) mass is 560 g/mol. The van der Waals surface area contributed by atoms with E-state index in [1.54, 1.807) is 0 Å². The van der Waals surface area contributed by atoms with Crippen molar-refractivity contribution in [2.75, 3.05) is 0 Å². The van der Waals surface area contributed by atoms with E-state index in [1.807, 2.05) is 0 Å². The molecule has 0 nitrogen and oxygen atoms in total. The van der Waals surface area contributed by atoms with Gasteiger partial charge >= 0.3 is 206 Å². The molecule has 4 heteroatoms. The summed E-state index contributed by atoms with van der Waals surface area (Å²) in [5.74, 6) is 0. The molecule has 0 saturated heterocycles. The van der Waals surface area contributed by atoms with Gasteiger partial charge in [0, 0.05) is 0 Å². The molecule has 0 bridgehead atoms. The Balaban J connectivity index is 0.00000152. The number of fused-ring (bicyclic) bond motifs is 2. The second-order valence-corrected chi connectivity index (χ2v) is 31.3. The average molecular weight is 561 g/mol. The van der Waals surface area contributed by atoms with Gasteiger partial charge in [0.15, 0.2) is 0 Å². The van der Waals surface area contributed by atoms with Gasteiger partial charge in [-0.05, 0) is 0 Å². The normalized spacial score (nSPS) is 16.9. The third kappa shape index (κ3) is 4.32. The first-order valence-electron chi connectivity index (χ1n) is 12.2. The van der Waals surface area contributed by atoms with Gasteiger partial charge in [-0.25, -0.2) is 0 Å². The SMILES string of the molecule is [CH3][Ti+2]([CH3])(=[SiH2])([CH]1C=Cc2c(-c3ccccc3)cccc21)[CH]1C=Cc2c(-c3ccccc3)cccc21.[Cl-].[Cl-]. The number of hydrogen-bond donors (Lipinski definition) is 0. The van der Waals surface area contributed by atoms with Crippen molar-refractivity contribution in [3.8, 4) is 22.3 Å². The first-order chi connectivity index (χ1) is 16.4. The van der Waals surface area contributed by atoms with E-state index in [9.17, 15) is 0 Å². The average Bonchev–Trinajstić information content (AvgIpc) is 3.51. The Hall–Kier alpha value is -2.13. The number of allylic oxidation sites excluding steroid dienone is 2. The molecule has 0 amide bonds. The fraction of sp³-hybridized carbons (Fsp3) is 0.125. The minimum atomic E-state index is -3.09. The summed E-state index contributed by atoms with van der Waals surface area (Å²) >= 11 is -3.09. The van der Waals surface area contributed by atoms with Gasteiger partial charge in [-0.1, -0.05) is 0 Å². The Morgan fingerprint density at radius 1 is 0.528 bits per heavy atom. The van der Waals surface area contributed by atoms with Crippen molar-refractivity contribution in [3.63, 3.8) is 0 Å². The second kappa shape index (κ2) is 9.97. The fourth-order valence-electron chi connectivity index (χ4n) is 6.26. The number of hydrogen-bond acceptors (Lipinski definition) is 0. The van der Waals surface area contributed by atoms with Crippen molar-refractivity contribution in [2.24, 2.45) is 0 Å². The van der Waals surface area contributed by atoms with E-state index in [4.69, 9.17) is 0 Å². The summed E-state index contributed by atoms with van der Waals surface area (Å²) in [6.45, 7) is 0. The first-order valence-corrected chi connectivity index (χ1v) is 21.2. The summed E-state index contributed by atoms with van der Waals surface area (Å²) < 4.78 is 1.05. The van der Waals surface area contributed by atoms with Gasteiger partial charge in [-0.15, -0.1) is 0 Å². The molecule has 0 aromatic heterocycles. The van der Waals surface area contributed by atoms with Gasteiger partial charge in [0.1, 0.15) is 0 Å². The van der Waals surface area contributed by atoms with Crippen molar-refractivity contribution in [3.05, 3.63) is 131 Å². The second-order valence-electron chi connectivity index (χ2n) is 11.0. The number of rotatable bonds is 4. The topological polar surface area (TPSA) is 0 Å². The third-order valence-electron chi connectivity index (χ3n) is 8.07. The van der Waals surface area contributed by atoms with Crippen LogP contribution >= 0.6 is 0 Å². The van der Waals surface area contributed by atoms with Crippen LogP contribution in [-0.2, 0) is 14.0 Å². The minimum absolute atomic E-state index is 0. The van der Waals surface area contributed by atoms with E-state index in [0.29, 0.717) is 8.45 Å². The van der Waals surface area contributed by atoms with Crippen LogP contribution in [0.25, 0.3) is 34.4 Å². The number of benzene rings is 4. The standard InChI is InChI=1S/2C15H11.2CH3.2ClH.H2Si.Ti/c2*1-2-6-12(7-3-1)14-10-4-8-13-9-5-11-15(13)14;;;;;;/h2*1-11H;2*1H3;2*1H;1H2;/q;;;;;;;+2/p-2. The molecule has 2 atom stereocenters. The minimum Gasteiger partial charge on any atom is -1.00 e. The predicted octanol–water partition coefficient (Wildman–Crippen LogP) is 2.20. The van der Waals surface area contributed by atoms with Crippen LogP contribution in [0, 0.1) is 0 Å². The Morgan fingerprint density at radius 3 is 1.31 bits per heavy atom. The maximum absolute atomic E-state index is 3.09. The van der Waals surface area contributed by atoms with Gasteiger partial charge in [-0.2, -0.15) is 0 Å². The maximum Gasteiger partial charge on any atom is -1.00 e. The van der Waals surface area contributed by atoms with Crippen molar-refractivity contribution >= 4 is 19.8 Å². The molecule has 0 radical (unpaired) electrons. The first kappa shape index (κ1) is 26.9.